The molecule has 0 bridgehead atoms. The Morgan fingerprint density at radius 3 is 3.14 bits per heavy atom. The van der Waals surface area contributed by atoms with E-state index in [0.717, 1.165) is 43.9 Å². The molecule has 1 aliphatic heterocycles. The van der Waals surface area contributed by atoms with Crippen LogP contribution in [0.4, 0.5) is 5.69 Å². The van der Waals surface area contributed by atoms with Gasteiger partial charge in [-0.3, -0.25) is 4.68 Å². The van der Waals surface area contributed by atoms with Gasteiger partial charge in [-0.05, 0) is 19.8 Å². The third kappa shape index (κ3) is 3.41. The molecule has 0 radical (unpaired) electrons. The monoisotopic (exact) mass is 291 g/mol. The molecule has 21 heavy (non-hydrogen) atoms. The van der Waals surface area contributed by atoms with Gasteiger partial charge in [0.1, 0.15) is 6.04 Å². The minimum Gasteiger partial charge on any atom is -0.376 e. The molecule has 0 aromatic carbocycles. The fourth-order valence-corrected chi connectivity index (χ4v) is 2.43. The van der Waals surface area contributed by atoms with Crippen molar-refractivity contribution in [2.45, 2.75) is 51.8 Å². The van der Waals surface area contributed by atoms with Gasteiger partial charge >= 0.3 is 0 Å². The molecule has 0 spiro atoms. The zero-order chi connectivity index (χ0) is 14.7. The molecule has 1 N–H and O–H groups in total. The zero-order valence-electron chi connectivity index (χ0n) is 12.5. The Labute approximate surface area is 123 Å². The van der Waals surface area contributed by atoms with Crippen molar-refractivity contribution in [1.82, 2.24) is 19.9 Å². The summed E-state index contributed by atoms with van der Waals surface area (Å²) in [7, 11) is 0. The second-order valence-electron chi connectivity index (χ2n) is 5.35. The number of rotatable bonds is 6. The molecule has 0 amide bonds. The molecule has 7 heteroatoms. The van der Waals surface area contributed by atoms with Crippen LogP contribution in [0, 0.1) is 0 Å². The molecule has 0 unspecified atom stereocenters. The van der Waals surface area contributed by atoms with Crippen molar-refractivity contribution in [2.24, 2.45) is 0 Å². The number of ether oxygens (including phenoxy) is 1. The Morgan fingerprint density at radius 2 is 2.43 bits per heavy atom. The lowest BCUT2D eigenvalue weighted by Gasteiger charge is -2.09. The molecule has 2 aromatic heterocycles. The van der Waals surface area contributed by atoms with E-state index in [0.29, 0.717) is 12.0 Å². The highest BCUT2D eigenvalue weighted by Crippen LogP contribution is 2.19. The van der Waals surface area contributed by atoms with Gasteiger partial charge in [-0.25, -0.2) is 0 Å². The average Bonchev–Trinajstić information content (AvgIpc) is 3.20. The van der Waals surface area contributed by atoms with E-state index in [-0.39, 0.29) is 6.04 Å². The van der Waals surface area contributed by atoms with Crippen LogP contribution in [0.15, 0.2) is 16.9 Å². The maximum atomic E-state index is 5.62. The van der Waals surface area contributed by atoms with Gasteiger partial charge in [0.05, 0.1) is 24.5 Å². The average molecular weight is 291 g/mol. The molecule has 1 fully saturated rings. The highest BCUT2D eigenvalue weighted by atomic mass is 16.5. The summed E-state index contributed by atoms with van der Waals surface area (Å²) in [5.41, 5.74) is 0.941. The van der Waals surface area contributed by atoms with E-state index in [4.69, 9.17) is 9.26 Å². The fraction of sp³-hybridized carbons (Fsp3) is 0.643. The Morgan fingerprint density at radius 1 is 1.52 bits per heavy atom. The van der Waals surface area contributed by atoms with Crippen molar-refractivity contribution >= 4 is 5.69 Å². The number of aryl methyl sites for hydroxylation is 1. The lowest BCUT2D eigenvalue weighted by atomic mass is 10.2. The topological polar surface area (TPSA) is 78.0 Å². The van der Waals surface area contributed by atoms with E-state index < -0.39 is 0 Å². The van der Waals surface area contributed by atoms with Gasteiger partial charge in [-0.2, -0.15) is 10.1 Å². The van der Waals surface area contributed by atoms with E-state index >= 15 is 0 Å². The first-order chi connectivity index (χ1) is 10.2. The van der Waals surface area contributed by atoms with E-state index in [1.165, 1.54) is 0 Å². The minimum absolute atomic E-state index is 0.0434. The Kier molecular flexibility index (Phi) is 4.19. The smallest absolute Gasteiger partial charge is 0.248 e. The second kappa shape index (κ2) is 6.26. The third-order valence-electron chi connectivity index (χ3n) is 3.60. The van der Waals surface area contributed by atoms with Crippen LogP contribution in [-0.4, -0.2) is 32.6 Å². The molecule has 1 aliphatic rings. The zero-order valence-corrected chi connectivity index (χ0v) is 12.5. The quantitative estimate of drug-likeness (QED) is 0.879. The van der Waals surface area contributed by atoms with Crippen LogP contribution in [0.25, 0.3) is 0 Å². The molecule has 0 saturated carbocycles. The molecule has 3 rings (SSSR count). The largest absolute Gasteiger partial charge is 0.376 e. The van der Waals surface area contributed by atoms with E-state index in [9.17, 15) is 0 Å². The lowest BCUT2D eigenvalue weighted by molar-refractivity contribution is 0.0940. The lowest BCUT2D eigenvalue weighted by Crippen LogP contribution is -2.15. The summed E-state index contributed by atoms with van der Waals surface area (Å²) < 4.78 is 12.8. The van der Waals surface area contributed by atoms with Crippen LogP contribution in [0.5, 0.6) is 0 Å². The Hall–Kier alpha value is -1.89. The number of nitrogens with one attached hydrogen (secondary N) is 1. The van der Waals surface area contributed by atoms with Crippen LogP contribution in [-0.2, 0) is 17.7 Å². The van der Waals surface area contributed by atoms with Crippen molar-refractivity contribution in [3.63, 3.8) is 0 Å². The first-order valence-electron chi connectivity index (χ1n) is 7.47. The van der Waals surface area contributed by atoms with Crippen LogP contribution >= 0.6 is 0 Å². The minimum atomic E-state index is -0.0434. The number of hydrogen-bond donors (Lipinski definition) is 1. The number of anilines is 1. The maximum Gasteiger partial charge on any atom is 0.248 e. The summed E-state index contributed by atoms with van der Waals surface area (Å²) in [6.07, 6.45) is 7.11. The van der Waals surface area contributed by atoms with Gasteiger partial charge in [0, 0.05) is 19.2 Å². The van der Waals surface area contributed by atoms with Gasteiger partial charge in [-0.1, -0.05) is 12.1 Å². The second-order valence-corrected chi connectivity index (χ2v) is 5.35. The molecular formula is C14H21N5O2. The van der Waals surface area contributed by atoms with Crippen LogP contribution < -0.4 is 5.32 Å². The molecule has 2 aromatic rings. The van der Waals surface area contributed by atoms with Crippen LogP contribution in [0.2, 0.25) is 0 Å². The fourth-order valence-electron chi connectivity index (χ4n) is 2.43. The molecule has 0 aliphatic carbocycles. The number of aromatic nitrogens is 4. The van der Waals surface area contributed by atoms with Crippen LogP contribution in [0.1, 0.15) is 44.4 Å². The van der Waals surface area contributed by atoms with Crippen molar-refractivity contribution in [2.75, 3.05) is 11.9 Å². The highest BCUT2D eigenvalue weighted by molar-refractivity contribution is 5.39. The predicted molar refractivity (Wildman–Crippen MR) is 76.9 cm³/mol. The number of hydrogen-bond acceptors (Lipinski definition) is 6. The van der Waals surface area contributed by atoms with Gasteiger partial charge < -0.3 is 14.6 Å². The van der Waals surface area contributed by atoms with Crippen molar-refractivity contribution in [3.05, 3.63) is 24.1 Å². The van der Waals surface area contributed by atoms with Gasteiger partial charge in [0.25, 0.3) is 0 Å². The molecule has 114 valence electrons. The van der Waals surface area contributed by atoms with Crippen molar-refractivity contribution in [1.29, 1.82) is 0 Å². The van der Waals surface area contributed by atoms with E-state index in [1.807, 2.05) is 30.9 Å². The normalized spacial score (nSPS) is 19.8. The maximum absolute atomic E-state index is 5.62. The summed E-state index contributed by atoms with van der Waals surface area (Å²) in [6, 6.07) is -0.0434. The summed E-state index contributed by atoms with van der Waals surface area (Å²) >= 11 is 0. The predicted octanol–water partition coefficient (Wildman–Crippen LogP) is 2.18. The third-order valence-corrected chi connectivity index (χ3v) is 3.60. The molecule has 3 heterocycles. The summed E-state index contributed by atoms with van der Waals surface area (Å²) in [5.74, 6) is 1.33. The summed E-state index contributed by atoms with van der Waals surface area (Å²) in [4.78, 5) is 4.33. The van der Waals surface area contributed by atoms with E-state index in [2.05, 4.69) is 20.6 Å². The van der Waals surface area contributed by atoms with Crippen LogP contribution in [0.3, 0.4) is 0 Å². The first kappa shape index (κ1) is 14.1. The summed E-state index contributed by atoms with van der Waals surface area (Å²) in [6.45, 7) is 5.66. The SMILES string of the molecule is CCc1noc([C@@H](C)Nc2cnn(C[C@@H]3CCCO3)c2)n1. The van der Waals surface area contributed by atoms with Gasteiger partial charge in [0.2, 0.25) is 5.89 Å². The molecule has 7 nitrogen and oxygen atoms in total. The first-order valence-corrected chi connectivity index (χ1v) is 7.47. The molecule has 2 atom stereocenters. The summed E-state index contributed by atoms with van der Waals surface area (Å²) in [5, 5.41) is 11.6. The highest BCUT2D eigenvalue weighted by Gasteiger charge is 2.17. The molecule has 1 saturated heterocycles. The Balaban J connectivity index is 1.58. The van der Waals surface area contributed by atoms with Crippen molar-refractivity contribution in [3.8, 4) is 0 Å². The molecular weight excluding hydrogens is 270 g/mol. The van der Waals surface area contributed by atoms with Gasteiger partial charge in [0.15, 0.2) is 5.82 Å². The Bertz CT molecular complexity index is 573. The number of nitrogens with zero attached hydrogens (tertiary/aromatic N) is 4. The van der Waals surface area contributed by atoms with Gasteiger partial charge in [-0.15, -0.1) is 0 Å². The van der Waals surface area contributed by atoms with Crippen molar-refractivity contribution < 1.29 is 9.26 Å². The standard InChI is InChI=1S/C14H21N5O2/c1-3-13-17-14(21-18-13)10(2)16-11-7-15-19(8-11)9-12-5-4-6-20-12/h7-8,10,12,16H,3-6,9H2,1-2H3/t10-,12+/m1/s1. The van der Waals surface area contributed by atoms with E-state index in [1.54, 1.807) is 0 Å².